The average Bonchev–Trinajstić information content (AvgIpc) is 2.75. The number of aliphatic hydroxyl groups is 1. The minimum absolute atomic E-state index is 0.134. The Labute approximate surface area is 101 Å². The van der Waals surface area contributed by atoms with Crippen molar-refractivity contribution in [3.8, 4) is 0 Å². The molecule has 2 aromatic rings. The number of β-amino-alcohol motifs (C(OH)–C–C–N with tert-alkyl or cyclic N) is 1. The maximum Gasteiger partial charge on any atom is 0.0679 e. The van der Waals surface area contributed by atoms with Crippen molar-refractivity contribution in [2.24, 2.45) is 0 Å². The molecular formula is C15H17NO. The molecule has 0 spiro atoms. The molecule has 0 aromatic heterocycles. The second kappa shape index (κ2) is 4.47. The number of hydrogen-bond acceptors (Lipinski definition) is 2. The topological polar surface area (TPSA) is 23.5 Å². The molecule has 2 aromatic carbocycles. The van der Waals surface area contributed by atoms with Gasteiger partial charge in [-0.2, -0.15) is 0 Å². The first-order chi connectivity index (χ1) is 8.33. The SMILES string of the molecule is O[C@H]1CCN(Cc2cccc3ccccc23)C1. The standard InChI is InChI=1S/C15H17NO/c17-14-8-9-16(11-14)10-13-6-3-5-12-4-1-2-7-15(12)13/h1-7,14,17H,8-11H2/t14-/m0/s1. The monoisotopic (exact) mass is 227 g/mol. The minimum atomic E-state index is -0.134. The lowest BCUT2D eigenvalue weighted by molar-refractivity contribution is 0.175. The molecule has 1 aliphatic heterocycles. The van der Waals surface area contributed by atoms with Crippen LogP contribution in [0.15, 0.2) is 42.5 Å². The Morgan fingerprint density at radius 2 is 1.94 bits per heavy atom. The van der Waals surface area contributed by atoms with Crippen molar-refractivity contribution < 1.29 is 5.11 Å². The maximum atomic E-state index is 9.55. The molecule has 17 heavy (non-hydrogen) atoms. The lowest BCUT2D eigenvalue weighted by Gasteiger charge is -2.16. The molecule has 1 heterocycles. The van der Waals surface area contributed by atoms with E-state index in [-0.39, 0.29) is 6.10 Å². The van der Waals surface area contributed by atoms with Gasteiger partial charge in [0.1, 0.15) is 0 Å². The first kappa shape index (κ1) is 10.8. The highest BCUT2D eigenvalue weighted by molar-refractivity contribution is 5.85. The Hall–Kier alpha value is -1.38. The van der Waals surface area contributed by atoms with Crippen LogP contribution in [0.3, 0.4) is 0 Å². The van der Waals surface area contributed by atoms with Crippen LogP contribution in [0.2, 0.25) is 0 Å². The van der Waals surface area contributed by atoms with Crippen LogP contribution in [0.25, 0.3) is 10.8 Å². The van der Waals surface area contributed by atoms with E-state index in [4.69, 9.17) is 0 Å². The van der Waals surface area contributed by atoms with Crippen LogP contribution in [-0.4, -0.2) is 29.2 Å². The summed E-state index contributed by atoms with van der Waals surface area (Å²) in [5, 5.41) is 12.2. The van der Waals surface area contributed by atoms with Crippen LogP contribution < -0.4 is 0 Å². The molecule has 1 N–H and O–H groups in total. The van der Waals surface area contributed by atoms with Gasteiger partial charge in [-0.1, -0.05) is 42.5 Å². The first-order valence-corrected chi connectivity index (χ1v) is 6.20. The van der Waals surface area contributed by atoms with Crippen molar-refractivity contribution in [3.63, 3.8) is 0 Å². The summed E-state index contributed by atoms with van der Waals surface area (Å²) in [4.78, 5) is 2.33. The molecule has 1 fully saturated rings. The fourth-order valence-corrected chi connectivity index (χ4v) is 2.63. The zero-order valence-corrected chi connectivity index (χ0v) is 9.84. The quantitative estimate of drug-likeness (QED) is 0.851. The molecule has 2 heteroatoms. The predicted molar refractivity (Wildman–Crippen MR) is 69.8 cm³/mol. The third-order valence-corrected chi connectivity index (χ3v) is 3.52. The highest BCUT2D eigenvalue weighted by Gasteiger charge is 2.20. The molecular weight excluding hydrogens is 210 g/mol. The Bertz CT molecular complexity index is 518. The number of fused-ring (bicyclic) bond motifs is 1. The van der Waals surface area contributed by atoms with Gasteiger partial charge in [-0.15, -0.1) is 0 Å². The minimum Gasteiger partial charge on any atom is -0.392 e. The van der Waals surface area contributed by atoms with Crippen molar-refractivity contribution in [3.05, 3.63) is 48.0 Å². The van der Waals surface area contributed by atoms with E-state index in [1.165, 1.54) is 16.3 Å². The molecule has 0 unspecified atom stereocenters. The van der Waals surface area contributed by atoms with Crippen molar-refractivity contribution in [2.45, 2.75) is 19.1 Å². The van der Waals surface area contributed by atoms with E-state index in [2.05, 4.69) is 47.4 Å². The third-order valence-electron chi connectivity index (χ3n) is 3.52. The Kier molecular flexibility index (Phi) is 2.83. The Balaban J connectivity index is 1.90. The molecule has 0 saturated carbocycles. The number of likely N-dealkylation sites (tertiary alicyclic amines) is 1. The molecule has 3 rings (SSSR count). The Morgan fingerprint density at radius 3 is 2.76 bits per heavy atom. The summed E-state index contributed by atoms with van der Waals surface area (Å²) in [5.41, 5.74) is 1.36. The van der Waals surface area contributed by atoms with Gasteiger partial charge in [0.15, 0.2) is 0 Å². The van der Waals surface area contributed by atoms with Crippen molar-refractivity contribution in [1.29, 1.82) is 0 Å². The largest absolute Gasteiger partial charge is 0.392 e. The second-order valence-corrected chi connectivity index (χ2v) is 4.82. The summed E-state index contributed by atoms with van der Waals surface area (Å²) in [7, 11) is 0. The normalized spacial score (nSPS) is 21.1. The second-order valence-electron chi connectivity index (χ2n) is 4.82. The number of rotatable bonds is 2. The van der Waals surface area contributed by atoms with Crippen molar-refractivity contribution in [2.75, 3.05) is 13.1 Å². The van der Waals surface area contributed by atoms with Crippen LogP contribution in [0, 0.1) is 0 Å². The van der Waals surface area contributed by atoms with Gasteiger partial charge in [-0.3, -0.25) is 4.90 Å². The van der Waals surface area contributed by atoms with Gasteiger partial charge < -0.3 is 5.11 Å². The number of nitrogens with zero attached hydrogens (tertiary/aromatic N) is 1. The third kappa shape index (κ3) is 2.19. The van der Waals surface area contributed by atoms with Gasteiger partial charge in [0.05, 0.1) is 6.10 Å². The molecule has 1 saturated heterocycles. The van der Waals surface area contributed by atoms with E-state index in [1.54, 1.807) is 0 Å². The van der Waals surface area contributed by atoms with Gasteiger partial charge in [0, 0.05) is 19.6 Å². The summed E-state index contributed by atoms with van der Waals surface area (Å²) >= 11 is 0. The van der Waals surface area contributed by atoms with E-state index in [0.29, 0.717) is 0 Å². The van der Waals surface area contributed by atoms with E-state index >= 15 is 0 Å². The van der Waals surface area contributed by atoms with Crippen LogP contribution in [0.4, 0.5) is 0 Å². The molecule has 88 valence electrons. The molecule has 2 nitrogen and oxygen atoms in total. The van der Waals surface area contributed by atoms with Gasteiger partial charge >= 0.3 is 0 Å². The molecule has 0 aliphatic carbocycles. The zero-order chi connectivity index (χ0) is 11.7. The maximum absolute atomic E-state index is 9.55. The lowest BCUT2D eigenvalue weighted by atomic mass is 10.0. The van der Waals surface area contributed by atoms with E-state index in [1.807, 2.05) is 0 Å². The highest BCUT2D eigenvalue weighted by Crippen LogP contribution is 2.21. The summed E-state index contributed by atoms with van der Waals surface area (Å²) in [6.07, 6.45) is 0.773. The average molecular weight is 227 g/mol. The molecule has 1 aliphatic rings. The fraction of sp³-hybridized carbons (Fsp3) is 0.333. The molecule has 1 atom stereocenters. The number of benzene rings is 2. The van der Waals surface area contributed by atoms with E-state index < -0.39 is 0 Å². The zero-order valence-electron chi connectivity index (χ0n) is 9.84. The number of hydrogen-bond donors (Lipinski definition) is 1. The highest BCUT2D eigenvalue weighted by atomic mass is 16.3. The lowest BCUT2D eigenvalue weighted by Crippen LogP contribution is -2.21. The van der Waals surface area contributed by atoms with Crippen LogP contribution >= 0.6 is 0 Å². The molecule has 0 bridgehead atoms. The summed E-state index contributed by atoms with van der Waals surface area (Å²) in [6, 6.07) is 14.9. The summed E-state index contributed by atoms with van der Waals surface area (Å²) < 4.78 is 0. The van der Waals surface area contributed by atoms with Crippen LogP contribution in [-0.2, 0) is 6.54 Å². The summed E-state index contributed by atoms with van der Waals surface area (Å²) in [5.74, 6) is 0. The molecule has 0 amide bonds. The van der Waals surface area contributed by atoms with Gasteiger partial charge in [0.2, 0.25) is 0 Å². The van der Waals surface area contributed by atoms with Gasteiger partial charge in [-0.25, -0.2) is 0 Å². The first-order valence-electron chi connectivity index (χ1n) is 6.20. The van der Waals surface area contributed by atoms with Crippen LogP contribution in [0.5, 0.6) is 0 Å². The smallest absolute Gasteiger partial charge is 0.0679 e. The van der Waals surface area contributed by atoms with Crippen molar-refractivity contribution in [1.82, 2.24) is 4.90 Å². The van der Waals surface area contributed by atoms with Gasteiger partial charge in [0.25, 0.3) is 0 Å². The van der Waals surface area contributed by atoms with Gasteiger partial charge in [-0.05, 0) is 22.8 Å². The summed E-state index contributed by atoms with van der Waals surface area (Å²) in [6.45, 7) is 2.76. The van der Waals surface area contributed by atoms with Crippen LogP contribution in [0.1, 0.15) is 12.0 Å². The van der Waals surface area contributed by atoms with Crippen molar-refractivity contribution >= 4 is 10.8 Å². The van der Waals surface area contributed by atoms with E-state index in [0.717, 1.165) is 26.1 Å². The van der Waals surface area contributed by atoms with E-state index in [9.17, 15) is 5.11 Å². The molecule has 0 radical (unpaired) electrons. The fourth-order valence-electron chi connectivity index (χ4n) is 2.63. The number of aliphatic hydroxyl groups excluding tert-OH is 1. The predicted octanol–water partition coefficient (Wildman–Crippen LogP) is 2.41. The Morgan fingerprint density at radius 1 is 1.12 bits per heavy atom.